The van der Waals surface area contributed by atoms with Gasteiger partial charge in [0.1, 0.15) is 0 Å². The highest BCUT2D eigenvalue weighted by Crippen LogP contribution is 2.57. The normalized spacial score (nSPS) is 22.9. The zero-order valence-electron chi connectivity index (χ0n) is 18.6. The van der Waals surface area contributed by atoms with Crippen molar-refractivity contribution in [3.8, 4) is 6.07 Å². The minimum Gasteiger partial charge on any atom is -0.311 e. The summed E-state index contributed by atoms with van der Waals surface area (Å²) < 4.78 is 0. The van der Waals surface area contributed by atoms with Crippen LogP contribution in [-0.2, 0) is 13.0 Å². The van der Waals surface area contributed by atoms with Crippen molar-refractivity contribution in [1.82, 2.24) is 10.2 Å². The lowest BCUT2D eigenvalue weighted by Gasteiger charge is -2.43. The van der Waals surface area contributed by atoms with Crippen LogP contribution in [0.3, 0.4) is 0 Å². The van der Waals surface area contributed by atoms with E-state index in [0.717, 1.165) is 31.0 Å². The zero-order chi connectivity index (χ0) is 21.5. The molecule has 2 aliphatic rings. The second-order valence-electron chi connectivity index (χ2n) is 10.1. The quantitative estimate of drug-likeness (QED) is 0.576. The van der Waals surface area contributed by atoms with Crippen LogP contribution < -0.4 is 5.32 Å². The maximum atomic E-state index is 9.16. The van der Waals surface area contributed by atoms with E-state index in [2.05, 4.69) is 78.7 Å². The van der Waals surface area contributed by atoms with E-state index in [4.69, 9.17) is 5.26 Å². The largest absolute Gasteiger partial charge is 0.311 e. The van der Waals surface area contributed by atoms with Gasteiger partial charge in [0, 0.05) is 30.7 Å². The molecule has 0 aromatic heterocycles. The predicted molar refractivity (Wildman–Crippen MR) is 127 cm³/mol. The van der Waals surface area contributed by atoms with E-state index in [1.807, 2.05) is 18.2 Å². The van der Waals surface area contributed by atoms with Gasteiger partial charge in [0.2, 0.25) is 0 Å². The van der Waals surface area contributed by atoms with Crippen molar-refractivity contribution < 1.29 is 0 Å². The number of nitrogens with one attached hydrogen (secondary N) is 1. The summed E-state index contributed by atoms with van der Waals surface area (Å²) in [5.74, 6) is 0.733. The molecule has 2 unspecified atom stereocenters. The first-order valence-corrected chi connectivity index (χ1v) is 11.4. The highest BCUT2D eigenvalue weighted by molar-refractivity contribution is 5.83. The topological polar surface area (TPSA) is 39.1 Å². The van der Waals surface area contributed by atoms with Crippen LogP contribution in [0.5, 0.6) is 0 Å². The highest BCUT2D eigenvalue weighted by atomic mass is 15.3. The Kier molecular flexibility index (Phi) is 5.08. The molecule has 0 amide bonds. The Morgan fingerprint density at radius 1 is 1.03 bits per heavy atom. The van der Waals surface area contributed by atoms with Crippen LogP contribution in [-0.4, -0.2) is 29.1 Å². The van der Waals surface area contributed by atoms with Crippen molar-refractivity contribution in [3.63, 3.8) is 0 Å². The number of hydrogen-bond donors (Lipinski definition) is 1. The molecule has 3 aromatic rings. The molecule has 1 N–H and O–H groups in total. The molecular formula is C28H31N3. The Hall–Kier alpha value is -2.67. The van der Waals surface area contributed by atoms with E-state index in [1.54, 1.807) is 0 Å². The molecule has 0 bridgehead atoms. The van der Waals surface area contributed by atoms with E-state index in [0.29, 0.717) is 5.54 Å². The van der Waals surface area contributed by atoms with E-state index in [9.17, 15) is 0 Å². The molecule has 1 aliphatic carbocycles. The lowest BCUT2D eigenvalue weighted by molar-refractivity contribution is 0.0464. The molecule has 5 rings (SSSR count). The van der Waals surface area contributed by atoms with Gasteiger partial charge in [-0.3, -0.25) is 4.90 Å². The molecule has 1 aliphatic heterocycles. The summed E-state index contributed by atoms with van der Waals surface area (Å²) in [6.07, 6.45) is 3.63. The van der Waals surface area contributed by atoms with Gasteiger partial charge in [0.15, 0.2) is 0 Å². The van der Waals surface area contributed by atoms with Crippen LogP contribution in [0.15, 0.2) is 66.7 Å². The van der Waals surface area contributed by atoms with Gasteiger partial charge >= 0.3 is 0 Å². The summed E-state index contributed by atoms with van der Waals surface area (Å²) in [5, 5.41) is 15.7. The summed E-state index contributed by atoms with van der Waals surface area (Å²) in [5.41, 5.74) is 3.88. The molecule has 0 radical (unpaired) electrons. The number of nitrogens with zero attached hydrogens (tertiary/aromatic N) is 2. The van der Waals surface area contributed by atoms with Crippen LogP contribution in [0, 0.1) is 17.2 Å². The van der Waals surface area contributed by atoms with Crippen molar-refractivity contribution in [1.29, 1.82) is 5.26 Å². The van der Waals surface area contributed by atoms with Crippen molar-refractivity contribution in [2.24, 2.45) is 5.92 Å². The molecule has 31 heavy (non-hydrogen) atoms. The number of benzene rings is 3. The minimum absolute atomic E-state index is 0.0714. The van der Waals surface area contributed by atoms with Gasteiger partial charge < -0.3 is 5.32 Å². The summed E-state index contributed by atoms with van der Waals surface area (Å²) >= 11 is 0. The van der Waals surface area contributed by atoms with Crippen molar-refractivity contribution in [3.05, 3.63) is 83.4 Å². The Balaban J connectivity index is 1.17. The lowest BCUT2D eigenvalue weighted by Crippen LogP contribution is -2.52. The van der Waals surface area contributed by atoms with E-state index in [-0.39, 0.29) is 5.54 Å². The molecular weight excluding hydrogens is 378 g/mol. The molecule has 1 saturated heterocycles. The van der Waals surface area contributed by atoms with Crippen LogP contribution in [0.2, 0.25) is 0 Å². The molecule has 2 fully saturated rings. The van der Waals surface area contributed by atoms with Crippen molar-refractivity contribution in [2.45, 2.75) is 50.7 Å². The molecule has 1 heterocycles. The van der Waals surface area contributed by atoms with Gasteiger partial charge in [-0.2, -0.15) is 5.26 Å². The first kappa shape index (κ1) is 20.2. The van der Waals surface area contributed by atoms with Gasteiger partial charge in [0.05, 0.1) is 11.6 Å². The third-order valence-corrected chi connectivity index (χ3v) is 7.36. The van der Waals surface area contributed by atoms with Crippen LogP contribution >= 0.6 is 0 Å². The SMILES string of the molecule is CC(C)(Cc1ccc2ccccc2c1)NCC1CC12CCN2Cc1cccc(C#N)c1. The fourth-order valence-corrected chi connectivity index (χ4v) is 5.40. The molecule has 3 aromatic carbocycles. The average Bonchev–Trinajstić information content (AvgIpc) is 3.53. The summed E-state index contributed by atoms with van der Waals surface area (Å²) in [7, 11) is 0. The monoisotopic (exact) mass is 409 g/mol. The smallest absolute Gasteiger partial charge is 0.0991 e. The van der Waals surface area contributed by atoms with Gasteiger partial charge in [-0.1, -0.05) is 54.6 Å². The number of likely N-dealkylation sites (tertiary alicyclic amines) is 1. The Morgan fingerprint density at radius 2 is 1.87 bits per heavy atom. The maximum Gasteiger partial charge on any atom is 0.0991 e. The highest BCUT2D eigenvalue weighted by Gasteiger charge is 2.62. The van der Waals surface area contributed by atoms with Gasteiger partial charge in [-0.15, -0.1) is 0 Å². The first-order valence-electron chi connectivity index (χ1n) is 11.4. The second kappa shape index (κ2) is 7.79. The Morgan fingerprint density at radius 3 is 2.65 bits per heavy atom. The summed E-state index contributed by atoms with van der Waals surface area (Å²) in [4.78, 5) is 2.63. The third-order valence-electron chi connectivity index (χ3n) is 7.36. The molecule has 3 heteroatoms. The number of nitriles is 1. The van der Waals surface area contributed by atoms with E-state index < -0.39 is 0 Å². The van der Waals surface area contributed by atoms with Gasteiger partial charge in [-0.05, 0) is 73.1 Å². The molecule has 158 valence electrons. The van der Waals surface area contributed by atoms with Crippen LogP contribution in [0.25, 0.3) is 10.8 Å². The zero-order valence-corrected chi connectivity index (χ0v) is 18.6. The van der Waals surface area contributed by atoms with Crippen LogP contribution in [0.1, 0.15) is 43.4 Å². The lowest BCUT2D eigenvalue weighted by atomic mass is 9.92. The number of rotatable bonds is 7. The van der Waals surface area contributed by atoms with Gasteiger partial charge in [-0.25, -0.2) is 0 Å². The molecule has 1 spiro atoms. The minimum atomic E-state index is 0.0714. The standard InChI is InChI=1S/C28H31N3/c1-27(2,16-21-10-11-24-8-3-4-9-25(24)15-21)30-19-26-17-28(26)12-13-31(28)20-23-7-5-6-22(14-23)18-29/h3-11,14-15,26,30H,12-13,16-17,19-20H2,1-2H3. The van der Waals surface area contributed by atoms with E-state index >= 15 is 0 Å². The predicted octanol–water partition coefficient (Wildman–Crippen LogP) is 5.29. The van der Waals surface area contributed by atoms with Crippen molar-refractivity contribution in [2.75, 3.05) is 13.1 Å². The molecule has 1 saturated carbocycles. The fraction of sp³-hybridized carbons (Fsp3) is 0.393. The summed E-state index contributed by atoms with van der Waals surface area (Å²) in [6, 6.07) is 25.8. The second-order valence-corrected chi connectivity index (χ2v) is 10.1. The maximum absolute atomic E-state index is 9.16. The third kappa shape index (κ3) is 4.11. The van der Waals surface area contributed by atoms with Crippen LogP contribution in [0.4, 0.5) is 0 Å². The summed E-state index contributed by atoms with van der Waals surface area (Å²) in [6.45, 7) is 7.86. The Bertz CT molecular complexity index is 1140. The molecule has 3 nitrogen and oxygen atoms in total. The van der Waals surface area contributed by atoms with Crippen molar-refractivity contribution >= 4 is 10.8 Å². The molecule has 2 atom stereocenters. The fourth-order valence-electron chi connectivity index (χ4n) is 5.40. The van der Waals surface area contributed by atoms with Gasteiger partial charge in [0.25, 0.3) is 0 Å². The Labute approximate surface area is 185 Å². The van der Waals surface area contributed by atoms with E-state index in [1.165, 1.54) is 41.3 Å². The number of hydrogen-bond acceptors (Lipinski definition) is 3. The average molecular weight is 410 g/mol. The first-order chi connectivity index (χ1) is 15.0. The number of fused-ring (bicyclic) bond motifs is 1.